The fourth-order valence-corrected chi connectivity index (χ4v) is 4.53. The van der Waals surface area contributed by atoms with Crippen molar-refractivity contribution in [2.75, 3.05) is 0 Å². The Morgan fingerprint density at radius 1 is 0.533 bits per heavy atom. The Morgan fingerprint density at radius 2 is 0.800 bits per heavy atom. The third-order valence-corrected chi connectivity index (χ3v) is 6.67. The van der Waals surface area contributed by atoms with Gasteiger partial charge in [-0.15, -0.1) is 0 Å². The molecule has 156 valence electrons. The summed E-state index contributed by atoms with van der Waals surface area (Å²) in [4.78, 5) is 10.2. The summed E-state index contributed by atoms with van der Waals surface area (Å²) >= 11 is 0. The minimum atomic E-state index is 0.898. The molecule has 0 aliphatic heterocycles. The Labute approximate surface area is 178 Å². The molecule has 0 bridgehead atoms. The highest BCUT2D eigenvalue weighted by atomic mass is 15.0. The molecule has 0 unspecified atom stereocenters. The second kappa shape index (κ2) is 7.94. The highest BCUT2D eigenvalue weighted by Crippen LogP contribution is 2.30. The minimum absolute atomic E-state index is 0.898. The first-order valence-corrected chi connectivity index (χ1v) is 10.5. The Hall–Kier alpha value is -3.15. The number of hydrogen-bond donors (Lipinski definition) is 3. The van der Waals surface area contributed by atoms with Crippen LogP contribution in [0.15, 0.2) is 37.2 Å². The lowest BCUT2D eigenvalue weighted by atomic mass is 9.84. The third kappa shape index (κ3) is 3.58. The molecule has 1 aromatic carbocycles. The van der Waals surface area contributed by atoms with Crippen molar-refractivity contribution < 1.29 is 13.7 Å². The van der Waals surface area contributed by atoms with E-state index in [9.17, 15) is 0 Å². The average molecular weight is 406 g/mol. The summed E-state index contributed by atoms with van der Waals surface area (Å²) in [5.74, 6) is 3.66. The van der Waals surface area contributed by atoms with Crippen LogP contribution in [0.1, 0.15) is 50.9 Å². The summed E-state index contributed by atoms with van der Waals surface area (Å²) in [6, 6.07) is 0. The standard InChI is InChI=1S/C24H30N6/c1-16-19(13-22-25-7-10-28(22)4)17(2)21(15-24-27-9-12-30(24)6)18(3)20(16)14-23-26-8-11-29(23)5/h7-12H,13-15H2,1-6H3/p+3. The van der Waals surface area contributed by atoms with E-state index in [0.29, 0.717) is 0 Å². The van der Waals surface area contributed by atoms with Crippen molar-refractivity contribution in [2.24, 2.45) is 21.1 Å². The lowest BCUT2D eigenvalue weighted by molar-refractivity contribution is -0.677. The Morgan fingerprint density at radius 3 is 1.00 bits per heavy atom. The van der Waals surface area contributed by atoms with Crippen molar-refractivity contribution in [3.8, 4) is 0 Å². The number of aromatic amines is 3. The van der Waals surface area contributed by atoms with Gasteiger partial charge in [0.05, 0.1) is 40.4 Å². The van der Waals surface area contributed by atoms with Gasteiger partial charge < -0.3 is 0 Å². The van der Waals surface area contributed by atoms with Crippen LogP contribution in [0.3, 0.4) is 0 Å². The summed E-state index contributed by atoms with van der Waals surface area (Å²) in [5, 5.41) is 0. The van der Waals surface area contributed by atoms with Crippen molar-refractivity contribution in [1.82, 2.24) is 15.0 Å². The minimum Gasteiger partial charge on any atom is -0.247 e. The van der Waals surface area contributed by atoms with Gasteiger partial charge in [-0.3, -0.25) is 0 Å². The highest BCUT2D eigenvalue weighted by Gasteiger charge is 2.24. The molecular formula is C24H33N6+3. The predicted molar refractivity (Wildman–Crippen MR) is 115 cm³/mol. The van der Waals surface area contributed by atoms with Crippen molar-refractivity contribution >= 4 is 0 Å². The number of imidazole rings is 3. The van der Waals surface area contributed by atoms with Gasteiger partial charge in [-0.05, 0) is 54.2 Å². The molecule has 6 nitrogen and oxygen atoms in total. The maximum Gasteiger partial charge on any atom is 0.258 e. The number of rotatable bonds is 6. The zero-order valence-electron chi connectivity index (χ0n) is 18.9. The Kier molecular flexibility index (Phi) is 5.33. The maximum atomic E-state index is 3.41. The molecule has 30 heavy (non-hydrogen) atoms. The van der Waals surface area contributed by atoms with Crippen LogP contribution in [0.2, 0.25) is 0 Å². The van der Waals surface area contributed by atoms with Gasteiger partial charge in [0.1, 0.15) is 37.2 Å². The van der Waals surface area contributed by atoms with Crippen LogP contribution in [-0.2, 0) is 40.4 Å². The molecule has 0 saturated carbocycles. The first-order valence-electron chi connectivity index (χ1n) is 10.5. The average Bonchev–Trinajstić information content (AvgIpc) is 3.42. The predicted octanol–water partition coefficient (Wildman–Crippen LogP) is 1.84. The number of benzene rings is 1. The topological polar surface area (TPSA) is 59.0 Å². The fourth-order valence-electron chi connectivity index (χ4n) is 4.53. The molecule has 0 amide bonds. The van der Waals surface area contributed by atoms with Crippen LogP contribution in [0, 0.1) is 20.8 Å². The van der Waals surface area contributed by atoms with E-state index in [0.717, 1.165) is 19.3 Å². The second-order valence-electron chi connectivity index (χ2n) is 8.39. The summed E-state index contributed by atoms with van der Waals surface area (Å²) in [5.41, 5.74) is 8.46. The SMILES string of the molecule is Cc1c(Cc2[nH]cc[n+]2C)c(C)c(Cc2[nH]cc[n+]2C)c(C)c1Cc1[nH]cc[n+]1C. The van der Waals surface area contributed by atoms with E-state index < -0.39 is 0 Å². The Bertz CT molecular complexity index is 1020. The van der Waals surface area contributed by atoms with E-state index in [-0.39, 0.29) is 0 Å². The van der Waals surface area contributed by atoms with Gasteiger partial charge in [-0.25, -0.2) is 28.7 Å². The number of H-pyrrole nitrogens is 3. The molecule has 4 aromatic rings. The number of hydrogen-bond acceptors (Lipinski definition) is 0. The monoisotopic (exact) mass is 405 g/mol. The zero-order chi connectivity index (χ0) is 21.4. The molecule has 0 aliphatic rings. The number of aryl methyl sites for hydroxylation is 3. The van der Waals surface area contributed by atoms with Crippen LogP contribution >= 0.6 is 0 Å². The summed E-state index contributed by atoms with van der Waals surface area (Å²) in [7, 11) is 6.30. The van der Waals surface area contributed by atoms with Gasteiger partial charge in [0.15, 0.2) is 0 Å². The highest BCUT2D eigenvalue weighted by molar-refractivity contribution is 5.52. The number of aromatic nitrogens is 6. The van der Waals surface area contributed by atoms with E-state index >= 15 is 0 Å². The van der Waals surface area contributed by atoms with Crippen molar-refractivity contribution in [3.05, 3.63) is 88.0 Å². The number of nitrogens with one attached hydrogen (secondary N) is 3. The molecule has 6 heteroatoms. The largest absolute Gasteiger partial charge is 0.258 e. The van der Waals surface area contributed by atoms with Gasteiger partial charge >= 0.3 is 0 Å². The van der Waals surface area contributed by atoms with Gasteiger partial charge in [-0.2, -0.15) is 0 Å². The molecule has 3 heterocycles. The fraction of sp³-hybridized carbons (Fsp3) is 0.375. The smallest absolute Gasteiger partial charge is 0.247 e. The molecule has 3 aromatic heterocycles. The normalized spacial score (nSPS) is 11.4. The number of nitrogens with zero attached hydrogens (tertiary/aromatic N) is 3. The van der Waals surface area contributed by atoms with Crippen LogP contribution in [0.5, 0.6) is 0 Å². The van der Waals surface area contributed by atoms with Gasteiger partial charge in [0.2, 0.25) is 0 Å². The molecule has 3 N–H and O–H groups in total. The van der Waals surface area contributed by atoms with E-state index in [2.05, 4.69) is 89.2 Å². The van der Waals surface area contributed by atoms with E-state index in [4.69, 9.17) is 0 Å². The molecule has 0 atom stereocenters. The molecule has 0 fully saturated rings. The molecular weight excluding hydrogens is 372 g/mol. The van der Waals surface area contributed by atoms with E-state index in [1.165, 1.54) is 50.9 Å². The molecule has 0 radical (unpaired) electrons. The molecule has 0 saturated heterocycles. The summed E-state index contributed by atoms with van der Waals surface area (Å²) < 4.78 is 6.52. The van der Waals surface area contributed by atoms with Gasteiger partial charge in [0.25, 0.3) is 17.5 Å². The van der Waals surface area contributed by atoms with Gasteiger partial charge in [-0.1, -0.05) is 0 Å². The summed E-state index contributed by atoms with van der Waals surface area (Å²) in [6.07, 6.45) is 14.9. The van der Waals surface area contributed by atoms with Crippen LogP contribution in [-0.4, -0.2) is 15.0 Å². The first kappa shape index (κ1) is 20.1. The lowest BCUT2D eigenvalue weighted by Gasteiger charge is -2.20. The van der Waals surface area contributed by atoms with Crippen LogP contribution in [0.25, 0.3) is 0 Å². The third-order valence-electron chi connectivity index (χ3n) is 6.67. The molecule has 4 rings (SSSR count). The first-order chi connectivity index (χ1) is 14.4. The lowest BCUT2D eigenvalue weighted by Crippen LogP contribution is -2.32. The van der Waals surface area contributed by atoms with Crippen LogP contribution < -0.4 is 13.7 Å². The zero-order valence-corrected chi connectivity index (χ0v) is 18.9. The van der Waals surface area contributed by atoms with Crippen molar-refractivity contribution in [1.29, 1.82) is 0 Å². The second-order valence-corrected chi connectivity index (χ2v) is 8.39. The van der Waals surface area contributed by atoms with E-state index in [1.807, 2.05) is 18.6 Å². The van der Waals surface area contributed by atoms with Gasteiger partial charge in [0, 0.05) is 0 Å². The molecule has 0 spiro atoms. The maximum absolute atomic E-state index is 3.41. The van der Waals surface area contributed by atoms with Crippen molar-refractivity contribution in [2.45, 2.75) is 40.0 Å². The summed E-state index contributed by atoms with van der Waals surface area (Å²) in [6.45, 7) is 6.86. The van der Waals surface area contributed by atoms with E-state index in [1.54, 1.807) is 0 Å². The quantitative estimate of drug-likeness (QED) is 0.410. The van der Waals surface area contributed by atoms with Crippen molar-refractivity contribution in [3.63, 3.8) is 0 Å². The van der Waals surface area contributed by atoms with Crippen LogP contribution in [0.4, 0.5) is 0 Å². The molecule has 0 aliphatic carbocycles. The Balaban J connectivity index is 1.86.